The molecular formula is C24H18FN3O5. The van der Waals surface area contributed by atoms with E-state index < -0.39 is 17.6 Å². The van der Waals surface area contributed by atoms with Crippen molar-refractivity contribution in [3.63, 3.8) is 0 Å². The number of ether oxygens (including phenoxy) is 1. The van der Waals surface area contributed by atoms with Crippen LogP contribution in [0, 0.1) is 5.82 Å². The molecule has 4 aromatic rings. The average Bonchev–Trinajstić information content (AvgIpc) is 2.78. The number of phenolic OH excluding ortho intramolecular Hbond substituents is 2. The molecule has 8 nitrogen and oxygen atoms in total. The van der Waals surface area contributed by atoms with Crippen molar-refractivity contribution >= 4 is 34.1 Å². The number of nitrogens with zero attached hydrogens (tertiary/aromatic N) is 1. The van der Waals surface area contributed by atoms with E-state index in [0.29, 0.717) is 22.3 Å². The Morgan fingerprint density at radius 3 is 2.48 bits per heavy atom. The zero-order valence-electron chi connectivity index (χ0n) is 17.1. The fourth-order valence-electron chi connectivity index (χ4n) is 3.20. The molecule has 0 fully saturated rings. The van der Waals surface area contributed by atoms with Crippen molar-refractivity contribution in [1.82, 2.24) is 4.98 Å². The molecule has 0 unspecified atom stereocenters. The Morgan fingerprint density at radius 2 is 1.73 bits per heavy atom. The van der Waals surface area contributed by atoms with Gasteiger partial charge in [0.15, 0.2) is 6.61 Å². The predicted octanol–water partition coefficient (Wildman–Crippen LogP) is 4.05. The number of hydrogen-bond donors (Lipinski definition) is 4. The number of pyridine rings is 1. The molecule has 0 aliphatic rings. The van der Waals surface area contributed by atoms with Crippen LogP contribution >= 0.6 is 0 Å². The normalized spacial score (nSPS) is 10.6. The molecule has 0 radical (unpaired) electrons. The van der Waals surface area contributed by atoms with Gasteiger partial charge in [0.1, 0.15) is 28.6 Å². The molecule has 0 saturated heterocycles. The van der Waals surface area contributed by atoms with Crippen LogP contribution in [0.2, 0.25) is 0 Å². The van der Waals surface area contributed by atoms with Gasteiger partial charge in [-0.3, -0.25) is 14.6 Å². The molecule has 9 heteroatoms. The van der Waals surface area contributed by atoms with Crippen LogP contribution in [0.3, 0.4) is 0 Å². The third-order valence-electron chi connectivity index (χ3n) is 4.61. The van der Waals surface area contributed by atoms with Crippen molar-refractivity contribution in [3.05, 3.63) is 84.3 Å². The lowest BCUT2D eigenvalue weighted by Crippen LogP contribution is -2.20. The van der Waals surface area contributed by atoms with E-state index in [1.54, 1.807) is 30.5 Å². The van der Waals surface area contributed by atoms with Crippen LogP contribution in [-0.2, 0) is 4.79 Å². The largest absolute Gasteiger partial charge is 0.508 e. The molecule has 0 bridgehead atoms. The number of fused-ring (bicyclic) bond motifs is 1. The summed E-state index contributed by atoms with van der Waals surface area (Å²) in [4.78, 5) is 29.0. The molecule has 4 rings (SSSR count). The zero-order valence-corrected chi connectivity index (χ0v) is 17.1. The van der Waals surface area contributed by atoms with Crippen molar-refractivity contribution in [3.8, 4) is 17.2 Å². The molecular weight excluding hydrogens is 429 g/mol. The van der Waals surface area contributed by atoms with Crippen molar-refractivity contribution < 1.29 is 28.9 Å². The molecule has 0 aliphatic carbocycles. The Balaban J connectivity index is 1.50. The average molecular weight is 447 g/mol. The van der Waals surface area contributed by atoms with E-state index in [4.69, 9.17) is 4.74 Å². The maximum atomic E-state index is 13.4. The van der Waals surface area contributed by atoms with Gasteiger partial charge in [0.05, 0.1) is 5.69 Å². The third-order valence-corrected chi connectivity index (χ3v) is 4.61. The van der Waals surface area contributed by atoms with E-state index in [1.165, 1.54) is 30.3 Å². The molecule has 33 heavy (non-hydrogen) atoms. The second kappa shape index (κ2) is 9.23. The maximum absolute atomic E-state index is 13.4. The highest BCUT2D eigenvalue weighted by Crippen LogP contribution is 2.30. The Labute approximate surface area is 187 Å². The number of anilines is 2. The summed E-state index contributed by atoms with van der Waals surface area (Å²) >= 11 is 0. The highest BCUT2D eigenvalue weighted by Gasteiger charge is 2.14. The first-order valence-corrected chi connectivity index (χ1v) is 9.79. The number of hydrogen-bond acceptors (Lipinski definition) is 6. The number of phenols is 2. The van der Waals surface area contributed by atoms with Crippen LogP contribution in [0.1, 0.15) is 10.4 Å². The summed E-state index contributed by atoms with van der Waals surface area (Å²) < 4.78 is 19.0. The van der Waals surface area contributed by atoms with Crippen LogP contribution < -0.4 is 15.4 Å². The van der Waals surface area contributed by atoms with Crippen molar-refractivity contribution in [2.75, 3.05) is 17.2 Å². The summed E-state index contributed by atoms with van der Waals surface area (Å²) in [5.74, 6) is -1.61. The van der Waals surface area contributed by atoms with Gasteiger partial charge in [-0.1, -0.05) is 6.07 Å². The molecule has 2 amide bonds. The van der Waals surface area contributed by atoms with E-state index in [0.717, 1.165) is 12.1 Å². The number of carbonyl (C=O) groups excluding carboxylic acids is 2. The molecule has 166 valence electrons. The number of aromatic nitrogens is 1. The number of rotatable bonds is 6. The highest BCUT2D eigenvalue weighted by molar-refractivity contribution is 6.09. The van der Waals surface area contributed by atoms with Crippen LogP contribution in [0.4, 0.5) is 15.8 Å². The monoisotopic (exact) mass is 447 g/mol. The lowest BCUT2D eigenvalue weighted by Gasteiger charge is -2.13. The van der Waals surface area contributed by atoms with Crippen molar-refractivity contribution in [1.29, 1.82) is 0 Å². The molecule has 3 aromatic carbocycles. The smallest absolute Gasteiger partial charge is 0.262 e. The SMILES string of the molecule is O=C(COc1ccc(NC(=O)c2cccc(F)c2)c2cccnc12)Nc1cc(O)cc(O)c1. The summed E-state index contributed by atoms with van der Waals surface area (Å²) in [6.45, 7) is -0.364. The lowest BCUT2D eigenvalue weighted by atomic mass is 10.1. The van der Waals surface area contributed by atoms with Crippen LogP contribution in [-0.4, -0.2) is 33.6 Å². The molecule has 1 aromatic heterocycles. The molecule has 4 N–H and O–H groups in total. The second-order valence-corrected chi connectivity index (χ2v) is 7.05. The Kier molecular flexibility index (Phi) is 6.03. The molecule has 1 heterocycles. The number of amides is 2. The first-order chi connectivity index (χ1) is 15.9. The molecule has 0 saturated carbocycles. The van der Waals surface area contributed by atoms with Crippen LogP contribution in [0.25, 0.3) is 10.9 Å². The van der Waals surface area contributed by atoms with Gasteiger partial charge in [0.25, 0.3) is 11.8 Å². The third kappa shape index (κ3) is 5.16. The summed E-state index contributed by atoms with van der Waals surface area (Å²) in [6, 6.07) is 15.6. The summed E-state index contributed by atoms with van der Waals surface area (Å²) in [6.07, 6.45) is 1.54. The Bertz CT molecular complexity index is 1340. The maximum Gasteiger partial charge on any atom is 0.262 e. The summed E-state index contributed by atoms with van der Waals surface area (Å²) in [5, 5.41) is 24.8. The van der Waals surface area contributed by atoms with E-state index in [2.05, 4.69) is 15.6 Å². The first-order valence-electron chi connectivity index (χ1n) is 9.79. The molecule has 0 atom stereocenters. The zero-order chi connectivity index (χ0) is 23.4. The van der Waals surface area contributed by atoms with Gasteiger partial charge in [-0.05, 0) is 42.5 Å². The quantitative estimate of drug-likeness (QED) is 0.354. The topological polar surface area (TPSA) is 121 Å². The fourth-order valence-corrected chi connectivity index (χ4v) is 3.20. The van der Waals surface area contributed by atoms with Gasteiger partial charge in [-0.2, -0.15) is 0 Å². The van der Waals surface area contributed by atoms with Gasteiger partial charge >= 0.3 is 0 Å². The fraction of sp³-hybridized carbons (Fsp3) is 0.0417. The number of aromatic hydroxyl groups is 2. The predicted molar refractivity (Wildman–Crippen MR) is 120 cm³/mol. The first kappa shape index (κ1) is 21.6. The highest BCUT2D eigenvalue weighted by atomic mass is 19.1. The van der Waals surface area contributed by atoms with Gasteiger partial charge < -0.3 is 25.6 Å². The summed E-state index contributed by atoms with van der Waals surface area (Å²) in [7, 11) is 0. The van der Waals surface area contributed by atoms with E-state index in [9.17, 15) is 24.2 Å². The van der Waals surface area contributed by atoms with Gasteiger partial charge in [0, 0.05) is 41.0 Å². The minimum absolute atomic E-state index is 0.169. The van der Waals surface area contributed by atoms with Crippen LogP contribution in [0.15, 0.2) is 72.9 Å². The van der Waals surface area contributed by atoms with Crippen molar-refractivity contribution in [2.24, 2.45) is 0 Å². The number of nitrogens with one attached hydrogen (secondary N) is 2. The summed E-state index contributed by atoms with van der Waals surface area (Å²) in [5.41, 5.74) is 1.23. The number of halogens is 1. The second-order valence-electron chi connectivity index (χ2n) is 7.05. The minimum Gasteiger partial charge on any atom is -0.508 e. The number of carbonyl (C=O) groups is 2. The Hall–Kier alpha value is -4.66. The van der Waals surface area contributed by atoms with Gasteiger partial charge in [0.2, 0.25) is 0 Å². The van der Waals surface area contributed by atoms with Crippen LogP contribution in [0.5, 0.6) is 17.2 Å². The van der Waals surface area contributed by atoms with E-state index in [-0.39, 0.29) is 29.4 Å². The molecule has 0 aliphatic heterocycles. The van der Waals surface area contributed by atoms with Gasteiger partial charge in [-0.25, -0.2) is 4.39 Å². The Morgan fingerprint density at radius 1 is 0.939 bits per heavy atom. The number of benzene rings is 3. The standard InChI is InChI=1S/C24H18FN3O5/c25-15-4-1-3-14(9-15)24(32)28-20-6-7-21(23-19(20)5-2-8-26-23)33-13-22(31)27-16-10-17(29)12-18(30)11-16/h1-12,29-30H,13H2,(H,27,31)(H,28,32). The lowest BCUT2D eigenvalue weighted by molar-refractivity contribution is -0.118. The van der Waals surface area contributed by atoms with E-state index >= 15 is 0 Å². The van der Waals surface area contributed by atoms with Crippen molar-refractivity contribution in [2.45, 2.75) is 0 Å². The minimum atomic E-state index is -0.521. The van der Waals surface area contributed by atoms with E-state index in [1.807, 2.05) is 0 Å². The molecule has 0 spiro atoms. The van der Waals surface area contributed by atoms with Gasteiger partial charge in [-0.15, -0.1) is 0 Å².